The van der Waals surface area contributed by atoms with Gasteiger partial charge < -0.3 is 10.1 Å². The fourth-order valence-electron chi connectivity index (χ4n) is 2.76. The Hall–Kier alpha value is -2.83. The molecule has 2 aromatic rings. The maximum Gasteiger partial charge on any atom is 0.340 e. The molecule has 0 unspecified atom stereocenters. The van der Waals surface area contributed by atoms with Crippen LogP contribution in [0.15, 0.2) is 53.2 Å². The largest absolute Gasteiger partial charge is 0.462 e. The predicted octanol–water partition coefficient (Wildman–Crippen LogP) is 4.26. The van der Waals surface area contributed by atoms with Crippen molar-refractivity contribution in [2.24, 2.45) is 0 Å². The standard InChI is InChI=1S/C20H16Cl2N2O4/c1-3-28-20(27)12-7-4-5-10-15(12)24-18(25)16(22)17(19(24)26)23-14-9-6-8-13(21)11(14)2/h4-10,23H,3H2,1-2H3. The molecular formula is C20H16Cl2N2O4. The molecule has 1 aliphatic rings. The fourth-order valence-corrected chi connectivity index (χ4v) is 3.14. The van der Waals surface area contributed by atoms with E-state index in [9.17, 15) is 14.4 Å². The molecule has 0 fully saturated rings. The van der Waals surface area contributed by atoms with Crippen LogP contribution in [0.4, 0.5) is 11.4 Å². The summed E-state index contributed by atoms with van der Waals surface area (Å²) in [6.45, 7) is 3.60. The Morgan fingerprint density at radius 2 is 1.79 bits per heavy atom. The Labute approximate surface area is 171 Å². The first-order valence-electron chi connectivity index (χ1n) is 8.43. The van der Waals surface area contributed by atoms with Crippen molar-refractivity contribution in [1.82, 2.24) is 0 Å². The van der Waals surface area contributed by atoms with Crippen LogP contribution in [0.25, 0.3) is 0 Å². The zero-order chi connectivity index (χ0) is 20.4. The summed E-state index contributed by atoms with van der Waals surface area (Å²) in [4.78, 5) is 38.8. The van der Waals surface area contributed by atoms with E-state index in [0.717, 1.165) is 4.90 Å². The van der Waals surface area contributed by atoms with Crippen LogP contribution >= 0.6 is 23.2 Å². The van der Waals surface area contributed by atoms with Crippen molar-refractivity contribution in [3.8, 4) is 0 Å². The summed E-state index contributed by atoms with van der Waals surface area (Å²) >= 11 is 12.3. The lowest BCUT2D eigenvalue weighted by Crippen LogP contribution is -2.33. The van der Waals surface area contributed by atoms with Crippen LogP contribution in [0, 0.1) is 6.92 Å². The Balaban J connectivity index is 1.98. The van der Waals surface area contributed by atoms with Gasteiger partial charge in [0, 0.05) is 10.7 Å². The molecule has 2 amide bonds. The van der Waals surface area contributed by atoms with E-state index in [0.29, 0.717) is 16.3 Å². The Morgan fingerprint density at radius 1 is 1.07 bits per heavy atom. The molecule has 0 aromatic heterocycles. The van der Waals surface area contributed by atoms with E-state index in [1.807, 2.05) is 0 Å². The molecule has 0 radical (unpaired) electrons. The van der Waals surface area contributed by atoms with Crippen LogP contribution in [0.2, 0.25) is 5.02 Å². The molecule has 0 spiro atoms. The number of carbonyl (C=O) groups excluding carboxylic acids is 3. The molecule has 0 bridgehead atoms. The number of esters is 1. The number of hydrogen-bond donors (Lipinski definition) is 1. The average Bonchev–Trinajstić information content (AvgIpc) is 2.89. The third-order valence-corrected chi connectivity index (χ3v) is 4.96. The van der Waals surface area contributed by atoms with Crippen molar-refractivity contribution in [2.75, 3.05) is 16.8 Å². The van der Waals surface area contributed by atoms with Gasteiger partial charge in [-0.2, -0.15) is 0 Å². The zero-order valence-electron chi connectivity index (χ0n) is 15.1. The SMILES string of the molecule is CCOC(=O)c1ccccc1N1C(=O)C(Cl)=C(Nc2cccc(Cl)c2C)C1=O. The molecule has 6 nitrogen and oxygen atoms in total. The highest BCUT2D eigenvalue weighted by molar-refractivity contribution is 6.53. The molecule has 1 heterocycles. The second-order valence-corrected chi connectivity index (χ2v) is 6.69. The number of benzene rings is 2. The summed E-state index contributed by atoms with van der Waals surface area (Å²) in [5, 5.41) is 3.12. The second-order valence-electron chi connectivity index (χ2n) is 5.91. The van der Waals surface area contributed by atoms with E-state index in [4.69, 9.17) is 27.9 Å². The quantitative estimate of drug-likeness (QED) is 0.579. The number of carbonyl (C=O) groups is 3. The van der Waals surface area contributed by atoms with E-state index < -0.39 is 17.8 Å². The Bertz CT molecular complexity index is 1020. The maximum atomic E-state index is 13.0. The molecule has 1 aliphatic heterocycles. The monoisotopic (exact) mass is 418 g/mol. The summed E-state index contributed by atoms with van der Waals surface area (Å²) in [6.07, 6.45) is 0. The lowest BCUT2D eigenvalue weighted by Gasteiger charge is -2.18. The highest BCUT2D eigenvalue weighted by Crippen LogP contribution is 2.33. The summed E-state index contributed by atoms with van der Waals surface area (Å²) < 4.78 is 5.01. The van der Waals surface area contributed by atoms with Gasteiger partial charge in [-0.05, 0) is 43.7 Å². The van der Waals surface area contributed by atoms with E-state index in [1.165, 1.54) is 12.1 Å². The van der Waals surface area contributed by atoms with Crippen molar-refractivity contribution in [3.63, 3.8) is 0 Å². The van der Waals surface area contributed by atoms with Crippen LogP contribution in [-0.2, 0) is 14.3 Å². The van der Waals surface area contributed by atoms with Crippen molar-refractivity contribution in [2.45, 2.75) is 13.8 Å². The average molecular weight is 419 g/mol. The number of anilines is 2. The molecule has 8 heteroatoms. The van der Waals surface area contributed by atoms with Gasteiger partial charge >= 0.3 is 5.97 Å². The van der Waals surface area contributed by atoms with E-state index in [1.54, 1.807) is 44.2 Å². The first-order valence-corrected chi connectivity index (χ1v) is 9.19. The number of hydrogen-bond acceptors (Lipinski definition) is 5. The number of amides is 2. The van der Waals surface area contributed by atoms with Gasteiger partial charge in [-0.25, -0.2) is 9.69 Å². The third-order valence-electron chi connectivity index (χ3n) is 4.19. The number of halogens is 2. The van der Waals surface area contributed by atoms with E-state index in [2.05, 4.69) is 5.32 Å². The van der Waals surface area contributed by atoms with Gasteiger partial charge in [0.25, 0.3) is 11.8 Å². The lowest BCUT2D eigenvalue weighted by atomic mass is 10.1. The molecule has 144 valence electrons. The minimum atomic E-state index is -0.731. The molecule has 0 aliphatic carbocycles. The fraction of sp³-hybridized carbons (Fsp3) is 0.150. The van der Waals surface area contributed by atoms with Crippen LogP contribution in [-0.4, -0.2) is 24.4 Å². The predicted molar refractivity (Wildman–Crippen MR) is 108 cm³/mol. The molecule has 3 rings (SSSR count). The number of nitrogens with one attached hydrogen (secondary N) is 1. The van der Waals surface area contributed by atoms with Gasteiger partial charge in [0.15, 0.2) is 0 Å². The summed E-state index contributed by atoms with van der Waals surface area (Å²) in [5.74, 6) is -2.04. The topological polar surface area (TPSA) is 75.7 Å². The number of imide groups is 1. The smallest absolute Gasteiger partial charge is 0.340 e. The number of para-hydroxylation sites is 1. The van der Waals surface area contributed by atoms with Crippen LogP contribution in [0.5, 0.6) is 0 Å². The third kappa shape index (κ3) is 3.48. The molecule has 2 aromatic carbocycles. The molecule has 1 N–H and O–H groups in total. The van der Waals surface area contributed by atoms with Crippen molar-refractivity contribution >= 4 is 52.4 Å². The van der Waals surface area contributed by atoms with Crippen molar-refractivity contribution in [1.29, 1.82) is 0 Å². The van der Waals surface area contributed by atoms with Gasteiger partial charge in [-0.15, -0.1) is 0 Å². The normalized spacial score (nSPS) is 13.9. The highest BCUT2D eigenvalue weighted by Gasteiger charge is 2.40. The summed E-state index contributed by atoms with van der Waals surface area (Å²) in [5.41, 5.74) is 1.36. The molecule has 0 saturated carbocycles. The van der Waals surface area contributed by atoms with Gasteiger partial charge in [0.05, 0.1) is 17.9 Å². The van der Waals surface area contributed by atoms with Gasteiger partial charge in [-0.1, -0.05) is 41.4 Å². The van der Waals surface area contributed by atoms with Crippen LogP contribution in [0.3, 0.4) is 0 Å². The lowest BCUT2D eigenvalue weighted by molar-refractivity contribution is -0.120. The number of ether oxygens (including phenoxy) is 1. The number of nitrogens with zero attached hydrogens (tertiary/aromatic N) is 1. The van der Waals surface area contributed by atoms with Crippen LogP contribution in [0.1, 0.15) is 22.8 Å². The van der Waals surface area contributed by atoms with Gasteiger partial charge in [0.1, 0.15) is 10.7 Å². The first-order chi connectivity index (χ1) is 13.4. The number of rotatable bonds is 5. The second kappa shape index (κ2) is 8.04. The summed E-state index contributed by atoms with van der Waals surface area (Å²) in [6, 6.07) is 11.3. The van der Waals surface area contributed by atoms with E-state index >= 15 is 0 Å². The zero-order valence-corrected chi connectivity index (χ0v) is 16.6. The van der Waals surface area contributed by atoms with Gasteiger partial charge in [0.2, 0.25) is 0 Å². The molecule has 0 atom stereocenters. The summed E-state index contributed by atoms with van der Waals surface area (Å²) in [7, 11) is 0. The van der Waals surface area contributed by atoms with Crippen molar-refractivity contribution < 1.29 is 19.1 Å². The molecular weight excluding hydrogens is 403 g/mol. The molecule has 28 heavy (non-hydrogen) atoms. The Morgan fingerprint density at radius 3 is 2.50 bits per heavy atom. The van der Waals surface area contributed by atoms with Crippen LogP contribution < -0.4 is 10.2 Å². The highest BCUT2D eigenvalue weighted by atomic mass is 35.5. The maximum absolute atomic E-state index is 13.0. The molecule has 0 saturated heterocycles. The van der Waals surface area contributed by atoms with Crippen molar-refractivity contribution in [3.05, 3.63) is 69.3 Å². The minimum absolute atomic E-state index is 0.0873. The minimum Gasteiger partial charge on any atom is -0.462 e. The van der Waals surface area contributed by atoms with Gasteiger partial charge in [-0.3, -0.25) is 9.59 Å². The van der Waals surface area contributed by atoms with E-state index in [-0.39, 0.29) is 28.6 Å². The Kier molecular flexibility index (Phi) is 5.72. The first kappa shape index (κ1) is 19.9.